The van der Waals surface area contributed by atoms with Gasteiger partial charge in [0.2, 0.25) is 11.8 Å². The van der Waals surface area contributed by atoms with Crippen LogP contribution in [0.4, 0.5) is 0 Å². The molecular formula is C19H16Br2N4O2. The number of carbonyl (C=O) groups is 2. The van der Waals surface area contributed by atoms with Crippen molar-refractivity contribution in [2.24, 2.45) is 22.0 Å². The normalized spacial score (nSPS) is 18.6. The minimum Gasteiger partial charge on any atom is -0.273 e. The lowest BCUT2D eigenvalue weighted by atomic mass is 10.2. The van der Waals surface area contributed by atoms with E-state index < -0.39 is 0 Å². The molecule has 1 fully saturated rings. The van der Waals surface area contributed by atoms with Crippen LogP contribution in [0.3, 0.4) is 0 Å². The first-order chi connectivity index (χ1) is 13.0. The van der Waals surface area contributed by atoms with E-state index in [4.69, 9.17) is 0 Å². The molecule has 2 atom stereocenters. The van der Waals surface area contributed by atoms with E-state index in [1.54, 1.807) is 12.4 Å². The van der Waals surface area contributed by atoms with Gasteiger partial charge < -0.3 is 0 Å². The van der Waals surface area contributed by atoms with Gasteiger partial charge in [-0.15, -0.1) is 0 Å². The van der Waals surface area contributed by atoms with Gasteiger partial charge in [-0.05, 0) is 41.8 Å². The summed E-state index contributed by atoms with van der Waals surface area (Å²) in [6.45, 7) is 0. The summed E-state index contributed by atoms with van der Waals surface area (Å²) in [6.07, 6.45) is 3.61. The first-order valence-electron chi connectivity index (χ1n) is 8.20. The van der Waals surface area contributed by atoms with Gasteiger partial charge in [0.1, 0.15) is 0 Å². The lowest BCUT2D eigenvalue weighted by Crippen LogP contribution is -2.25. The van der Waals surface area contributed by atoms with E-state index in [9.17, 15) is 9.59 Å². The maximum atomic E-state index is 12.1. The Morgan fingerprint density at radius 1 is 0.852 bits per heavy atom. The first kappa shape index (κ1) is 19.4. The fourth-order valence-electron chi connectivity index (χ4n) is 2.46. The van der Waals surface area contributed by atoms with Crippen molar-refractivity contribution in [3.05, 3.63) is 68.6 Å². The Kier molecular flexibility index (Phi) is 6.52. The molecule has 27 heavy (non-hydrogen) atoms. The zero-order valence-electron chi connectivity index (χ0n) is 14.1. The van der Waals surface area contributed by atoms with E-state index in [1.165, 1.54) is 0 Å². The molecular weight excluding hydrogens is 476 g/mol. The van der Waals surface area contributed by atoms with Gasteiger partial charge >= 0.3 is 0 Å². The van der Waals surface area contributed by atoms with E-state index >= 15 is 0 Å². The van der Waals surface area contributed by atoms with Crippen LogP contribution in [-0.2, 0) is 9.59 Å². The highest BCUT2D eigenvalue weighted by atomic mass is 79.9. The lowest BCUT2D eigenvalue weighted by molar-refractivity contribution is -0.127. The average Bonchev–Trinajstić information content (AvgIpc) is 3.43. The van der Waals surface area contributed by atoms with Gasteiger partial charge in [0.25, 0.3) is 0 Å². The van der Waals surface area contributed by atoms with Crippen molar-refractivity contribution in [2.75, 3.05) is 0 Å². The summed E-state index contributed by atoms with van der Waals surface area (Å²) in [7, 11) is 0. The van der Waals surface area contributed by atoms with Crippen molar-refractivity contribution in [1.82, 2.24) is 10.9 Å². The van der Waals surface area contributed by atoms with Gasteiger partial charge in [-0.25, -0.2) is 10.9 Å². The molecule has 0 aliphatic heterocycles. The van der Waals surface area contributed by atoms with Crippen molar-refractivity contribution in [1.29, 1.82) is 0 Å². The Labute approximate surface area is 173 Å². The molecule has 1 saturated carbocycles. The SMILES string of the molecule is O=C(N/N=C/c1cccc(Br)c1)C1CC1C(=O)N/N=C/c1cccc(Br)c1. The maximum Gasteiger partial charge on any atom is 0.244 e. The quantitative estimate of drug-likeness (QED) is 0.479. The van der Waals surface area contributed by atoms with Crippen LogP contribution in [0.2, 0.25) is 0 Å². The largest absolute Gasteiger partial charge is 0.273 e. The van der Waals surface area contributed by atoms with E-state index in [-0.39, 0.29) is 23.7 Å². The summed E-state index contributed by atoms with van der Waals surface area (Å²) in [5.74, 6) is -1.27. The maximum absolute atomic E-state index is 12.1. The van der Waals surface area contributed by atoms with Gasteiger partial charge in [0.05, 0.1) is 24.3 Å². The molecule has 1 aliphatic carbocycles. The Morgan fingerprint density at radius 3 is 1.70 bits per heavy atom. The van der Waals surface area contributed by atoms with Crippen LogP contribution in [0.25, 0.3) is 0 Å². The zero-order valence-corrected chi connectivity index (χ0v) is 17.3. The molecule has 2 amide bonds. The summed E-state index contributed by atoms with van der Waals surface area (Å²) in [4.78, 5) is 24.1. The lowest BCUT2D eigenvalue weighted by Gasteiger charge is -2.00. The predicted octanol–water partition coefficient (Wildman–Crippen LogP) is 3.45. The second-order valence-corrected chi connectivity index (χ2v) is 7.86. The Hall–Kier alpha value is -2.32. The molecule has 2 aromatic carbocycles. The summed E-state index contributed by atoms with van der Waals surface area (Å²) >= 11 is 6.74. The van der Waals surface area contributed by atoms with E-state index in [2.05, 4.69) is 52.9 Å². The number of nitrogens with one attached hydrogen (secondary N) is 2. The molecule has 0 radical (unpaired) electrons. The molecule has 2 N–H and O–H groups in total. The number of nitrogens with zero attached hydrogens (tertiary/aromatic N) is 2. The van der Waals surface area contributed by atoms with Crippen LogP contribution in [0.5, 0.6) is 0 Å². The van der Waals surface area contributed by atoms with Crippen LogP contribution >= 0.6 is 31.9 Å². The summed E-state index contributed by atoms with van der Waals surface area (Å²) < 4.78 is 1.86. The number of hydrogen-bond donors (Lipinski definition) is 2. The van der Waals surface area contributed by atoms with Crippen molar-refractivity contribution < 1.29 is 9.59 Å². The molecule has 0 aromatic heterocycles. The highest BCUT2D eigenvalue weighted by molar-refractivity contribution is 9.10. The first-order valence-corrected chi connectivity index (χ1v) is 9.78. The Balaban J connectivity index is 1.44. The molecule has 0 saturated heterocycles. The Bertz CT molecular complexity index is 841. The number of halogens is 2. The van der Waals surface area contributed by atoms with Crippen LogP contribution in [0, 0.1) is 11.8 Å². The van der Waals surface area contributed by atoms with Crippen LogP contribution < -0.4 is 10.9 Å². The van der Waals surface area contributed by atoms with E-state index in [1.807, 2.05) is 48.5 Å². The number of benzene rings is 2. The molecule has 6 nitrogen and oxygen atoms in total. The van der Waals surface area contributed by atoms with E-state index in [0.29, 0.717) is 6.42 Å². The predicted molar refractivity (Wildman–Crippen MR) is 111 cm³/mol. The van der Waals surface area contributed by atoms with Crippen molar-refractivity contribution in [3.63, 3.8) is 0 Å². The molecule has 0 spiro atoms. The summed E-state index contributed by atoms with van der Waals surface area (Å²) in [5, 5.41) is 7.87. The highest BCUT2D eigenvalue weighted by Gasteiger charge is 2.48. The smallest absolute Gasteiger partial charge is 0.244 e. The third-order valence-electron chi connectivity index (χ3n) is 3.94. The molecule has 138 valence electrons. The molecule has 0 heterocycles. The average molecular weight is 492 g/mol. The third-order valence-corrected chi connectivity index (χ3v) is 4.92. The van der Waals surface area contributed by atoms with Gasteiger partial charge in [-0.3, -0.25) is 9.59 Å². The monoisotopic (exact) mass is 490 g/mol. The number of hydrazone groups is 2. The zero-order chi connectivity index (χ0) is 19.2. The topological polar surface area (TPSA) is 82.9 Å². The summed E-state index contributed by atoms with van der Waals surface area (Å²) in [5.41, 5.74) is 6.67. The number of carbonyl (C=O) groups excluding carboxylic acids is 2. The summed E-state index contributed by atoms with van der Waals surface area (Å²) in [6, 6.07) is 15.1. The third kappa shape index (κ3) is 5.83. The minimum absolute atomic E-state index is 0.266. The molecule has 8 heteroatoms. The molecule has 0 bridgehead atoms. The molecule has 1 aliphatic rings. The second-order valence-electron chi connectivity index (χ2n) is 6.03. The van der Waals surface area contributed by atoms with Crippen molar-refractivity contribution in [3.8, 4) is 0 Å². The van der Waals surface area contributed by atoms with Crippen molar-refractivity contribution in [2.45, 2.75) is 6.42 Å². The number of rotatable bonds is 6. The fourth-order valence-corrected chi connectivity index (χ4v) is 3.29. The second kappa shape index (κ2) is 9.05. The molecule has 2 unspecified atom stereocenters. The Morgan fingerprint density at radius 2 is 1.30 bits per heavy atom. The van der Waals surface area contributed by atoms with Crippen LogP contribution in [0.1, 0.15) is 17.5 Å². The molecule has 3 rings (SSSR count). The number of amides is 2. The number of hydrogen-bond acceptors (Lipinski definition) is 4. The van der Waals surface area contributed by atoms with Crippen molar-refractivity contribution >= 4 is 56.1 Å². The van der Waals surface area contributed by atoms with Gasteiger partial charge in [-0.2, -0.15) is 10.2 Å². The minimum atomic E-state index is -0.370. The molecule has 2 aromatic rings. The standard InChI is InChI=1S/C19H16Br2N4O2/c20-14-5-1-3-12(7-14)10-22-24-18(26)16-9-17(16)19(27)25-23-11-13-4-2-6-15(21)8-13/h1-8,10-11,16-17H,9H2,(H,24,26)(H,25,27)/b22-10+,23-11+. The van der Waals surface area contributed by atoms with Gasteiger partial charge in [-0.1, -0.05) is 56.1 Å². The van der Waals surface area contributed by atoms with Gasteiger partial charge in [0, 0.05) is 8.95 Å². The fraction of sp³-hybridized carbons (Fsp3) is 0.158. The van der Waals surface area contributed by atoms with Gasteiger partial charge in [0.15, 0.2) is 0 Å². The van der Waals surface area contributed by atoms with E-state index in [0.717, 1.165) is 20.1 Å². The van der Waals surface area contributed by atoms with Crippen LogP contribution in [-0.4, -0.2) is 24.2 Å². The highest BCUT2D eigenvalue weighted by Crippen LogP contribution is 2.38. The van der Waals surface area contributed by atoms with Crippen LogP contribution in [0.15, 0.2) is 67.7 Å².